The number of carbonyl (C=O) groups is 1. The van der Waals surface area contributed by atoms with Gasteiger partial charge < -0.3 is 14.4 Å². The summed E-state index contributed by atoms with van der Waals surface area (Å²) in [7, 11) is -1.03. The molecule has 1 amide bonds. The van der Waals surface area contributed by atoms with Gasteiger partial charge in [-0.1, -0.05) is 37.5 Å². The van der Waals surface area contributed by atoms with Gasteiger partial charge >= 0.3 is 0 Å². The molecule has 4 rings (SSSR count). The number of rotatable bonds is 8. The van der Waals surface area contributed by atoms with Crippen molar-refractivity contribution >= 4 is 27.7 Å². The lowest BCUT2D eigenvalue weighted by Crippen LogP contribution is -2.40. The molecule has 0 saturated heterocycles. The molecule has 2 aromatic rings. The highest BCUT2D eigenvalue weighted by Gasteiger charge is 2.34. The van der Waals surface area contributed by atoms with E-state index in [9.17, 15) is 13.2 Å². The second-order valence-corrected chi connectivity index (χ2v) is 10.8. The van der Waals surface area contributed by atoms with Crippen LogP contribution in [0.25, 0.3) is 6.08 Å². The molecule has 0 atom stereocenters. The van der Waals surface area contributed by atoms with Crippen LogP contribution in [0.5, 0.6) is 11.5 Å². The van der Waals surface area contributed by atoms with Gasteiger partial charge in [0, 0.05) is 25.2 Å². The third kappa shape index (κ3) is 5.03. The van der Waals surface area contributed by atoms with Crippen LogP contribution < -0.4 is 13.8 Å². The Bertz CT molecular complexity index is 1200. The van der Waals surface area contributed by atoms with E-state index in [4.69, 9.17) is 9.47 Å². The Morgan fingerprint density at radius 2 is 1.86 bits per heavy atom. The quantitative estimate of drug-likeness (QED) is 0.495. The van der Waals surface area contributed by atoms with Gasteiger partial charge in [0.25, 0.3) is 10.0 Å². The number of carbonyl (C=O) groups excluding carboxylic acids is 1. The number of hydrogen-bond donors (Lipinski definition) is 0. The molecule has 7 nitrogen and oxygen atoms in total. The maximum absolute atomic E-state index is 13.8. The summed E-state index contributed by atoms with van der Waals surface area (Å²) in [5.41, 5.74) is 2.23. The summed E-state index contributed by atoms with van der Waals surface area (Å²) in [4.78, 5) is 14.9. The Labute approximate surface area is 208 Å². The summed E-state index contributed by atoms with van der Waals surface area (Å²) >= 11 is 0. The standard InChI is InChI=1S/C27H34N2O5S/c1-4-28(22-11-6-5-7-12-22)26(30)15-14-20-18-24(33-2)27(34-3)25(19-20)35(31,32)29-17-16-21-10-8-9-13-23(21)29/h8-10,13-15,18-19,22H,4-7,11-12,16-17H2,1-3H3. The summed E-state index contributed by atoms with van der Waals surface area (Å²) in [5, 5.41) is 0. The van der Waals surface area contributed by atoms with Crippen molar-refractivity contribution in [3.05, 3.63) is 53.6 Å². The van der Waals surface area contributed by atoms with E-state index in [-0.39, 0.29) is 22.6 Å². The zero-order valence-corrected chi connectivity index (χ0v) is 21.5. The van der Waals surface area contributed by atoms with Gasteiger partial charge in [-0.3, -0.25) is 9.10 Å². The molecule has 1 fully saturated rings. The van der Waals surface area contributed by atoms with Gasteiger partial charge in [0.05, 0.1) is 19.9 Å². The van der Waals surface area contributed by atoms with Gasteiger partial charge in [0.1, 0.15) is 4.90 Å². The van der Waals surface area contributed by atoms with Crippen molar-refractivity contribution in [1.82, 2.24) is 4.90 Å². The Morgan fingerprint density at radius 1 is 1.11 bits per heavy atom. The fraction of sp³-hybridized carbons (Fsp3) is 0.444. The van der Waals surface area contributed by atoms with E-state index in [2.05, 4.69) is 0 Å². The normalized spacial score (nSPS) is 16.4. The number of sulfonamides is 1. The van der Waals surface area contributed by atoms with E-state index in [1.165, 1.54) is 31.0 Å². The maximum atomic E-state index is 13.8. The third-order valence-corrected chi connectivity index (χ3v) is 8.76. The van der Waals surface area contributed by atoms with E-state index in [0.717, 1.165) is 31.2 Å². The van der Waals surface area contributed by atoms with Crippen molar-refractivity contribution in [2.75, 3.05) is 31.6 Å². The Hall–Kier alpha value is -3.00. The number of nitrogens with zero attached hydrogens (tertiary/aromatic N) is 2. The number of likely N-dealkylation sites (N-methyl/N-ethyl adjacent to an activating group) is 1. The first kappa shape index (κ1) is 25.1. The molecule has 0 aromatic heterocycles. The zero-order valence-electron chi connectivity index (χ0n) is 20.7. The van der Waals surface area contributed by atoms with Gasteiger partial charge in [-0.2, -0.15) is 0 Å². The number of ether oxygens (including phenoxy) is 2. The fourth-order valence-electron chi connectivity index (χ4n) is 5.16. The Morgan fingerprint density at radius 3 is 2.54 bits per heavy atom. The first-order valence-corrected chi connectivity index (χ1v) is 13.7. The molecule has 2 aromatic carbocycles. The van der Waals surface area contributed by atoms with E-state index >= 15 is 0 Å². The van der Waals surface area contributed by atoms with Gasteiger partial charge in [-0.05, 0) is 61.6 Å². The van der Waals surface area contributed by atoms with Crippen LogP contribution in [0, 0.1) is 0 Å². The number of fused-ring (bicyclic) bond motifs is 1. The van der Waals surface area contributed by atoms with Crippen molar-refractivity contribution in [1.29, 1.82) is 0 Å². The third-order valence-electron chi connectivity index (χ3n) is 6.94. The number of methoxy groups -OCH3 is 2. The van der Waals surface area contributed by atoms with Crippen LogP contribution in [0.1, 0.15) is 50.2 Å². The van der Waals surface area contributed by atoms with E-state index in [0.29, 0.717) is 36.5 Å². The average Bonchev–Trinajstić information content (AvgIpc) is 3.33. The molecule has 0 N–H and O–H groups in total. The van der Waals surface area contributed by atoms with Gasteiger partial charge in [0.2, 0.25) is 5.91 Å². The first-order valence-electron chi connectivity index (χ1n) is 12.3. The molecule has 2 aliphatic rings. The molecule has 0 unspecified atom stereocenters. The van der Waals surface area contributed by atoms with Gasteiger partial charge in [0.15, 0.2) is 11.5 Å². The van der Waals surface area contributed by atoms with Crippen LogP contribution in [0.2, 0.25) is 0 Å². The second kappa shape index (κ2) is 10.7. The van der Waals surface area contributed by atoms with E-state index in [1.54, 1.807) is 18.2 Å². The summed E-state index contributed by atoms with van der Waals surface area (Å²) < 4.78 is 40.0. The maximum Gasteiger partial charge on any atom is 0.268 e. The monoisotopic (exact) mass is 498 g/mol. The molecule has 0 spiro atoms. The average molecular weight is 499 g/mol. The smallest absolute Gasteiger partial charge is 0.268 e. The van der Waals surface area contributed by atoms with Crippen LogP contribution >= 0.6 is 0 Å². The molecule has 0 radical (unpaired) electrons. The lowest BCUT2D eigenvalue weighted by Gasteiger charge is -2.32. The molecular weight excluding hydrogens is 464 g/mol. The molecule has 1 aliphatic heterocycles. The number of anilines is 1. The number of amides is 1. The van der Waals surface area contributed by atoms with Gasteiger partial charge in [-0.15, -0.1) is 0 Å². The van der Waals surface area contributed by atoms with E-state index in [1.807, 2.05) is 36.1 Å². The molecule has 1 saturated carbocycles. The SMILES string of the molecule is CCN(C(=O)C=Cc1cc(OC)c(OC)c(S(=O)(=O)N2CCc3ccccc32)c1)C1CCCCC1. The fourth-order valence-corrected chi connectivity index (χ4v) is 6.87. The highest BCUT2D eigenvalue weighted by Crippen LogP contribution is 2.40. The topological polar surface area (TPSA) is 76.1 Å². The minimum atomic E-state index is -3.93. The molecular formula is C27H34N2O5S. The summed E-state index contributed by atoms with van der Waals surface area (Å²) in [6, 6.07) is 11.0. The molecule has 0 bridgehead atoms. The van der Waals surface area contributed by atoms with Crippen molar-refractivity contribution in [3.8, 4) is 11.5 Å². The van der Waals surface area contributed by atoms with Crippen molar-refractivity contribution in [3.63, 3.8) is 0 Å². The summed E-state index contributed by atoms with van der Waals surface area (Å²) in [5.74, 6) is 0.387. The second-order valence-electron chi connectivity index (χ2n) is 8.96. The van der Waals surface area contributed by atoms with Crippen LogP contribution in [0.15, 0.2) is 47.4 Å². The van der Waals surface area contributed by atoms with Crippen molar-refractivity contribution in [2.45, 2.75) is 56.4 Å². The summed E-state index contributed by atoms with van der Waals surface area (Å²) in [6.07, 6.45) is 9.42. The Kier molecular flexibility index (Phi) is 7.69. The molecule has 8 heteroatoms. The lowest BCUT2D eigenvalue weighted by atomic mass is 9.94. The first-order chi connectivity index (χ1) is 16.9. The van der Waals surface area contributed by atoms with E-state index < -0.39 is 10.0 Å². The van der Waals surface area contributed by atoms with Gasteiger partial charge in [-0.25, -0.2) is 8.42 Å². The minimum absolute atomic E-state index is 0.0165. The number of benzene rings is 2. The predicted octanol–water partition coefficient (Wildman–Crippen LogP) is 4.65. The predicted molar refractivity (Wildman–Crippen MR) is 138 cm³/mol. The molecule has 188 valence electrons. The van der Waals surface area contributed by atoms with Crippen LogP contribution in [0.4, 0.5) is 5.69 Å². The highest BCUT2D eigenvalue weighted by molar-refractivity contribution is 7.93. The van der Waals surface area contributed by atoms with Crippen LogP contribution in [0.3, 0.4) is 0 Å². The summed E-state index contributed by atoms with van der Waals surface area (Å²) in [6.45, 7) is 3.00. The molecule has 1 heterocycles. The minimum Gasteiger partial charge on any atom is -0.493 e. The molecule has 1 aliphatic carbocycles. The Balaban J connectivity index is 1.68. The van der Waals surface area contributed by atoms with Crippen molar-refractivity contribution < 1.29 is 22.7 Å². The lowest BCUT2D eigenvalue weighted by molar-refractivity contribution is -0.128. The molecule has 35 heavy (non-hydrogen) atoms. The largest absolute Gasteiger partial charge is 0.493 e. The van der Waals surface area contributed by atoms with Crippen LogP contribution in [-0.2, 0) is 21.2 Å². The highest BCUT2D eigenvalue weighted by atomic mass is 32.2. The van der Waals surface area contributed by atoms with Crippen LogP contribution in [-0.4, -0.2) is 52.6 Å². The van der Waals surface area contributed by atoms with Crippen molar-refractivity contribution in [2.24, 2.45) is 0 Å². The number of para-hydroxylation sites is 1. The zero-order chi connectivity index (χ0) is 25.0. The number of hydrogen-bond acceptors (Lipinski definition) is 5.